The van der Waals surface area contributed by atoms with Gasteiger partial charge < -0.3 is 15.1 Å². The second-order valence-electron chi connectivity index (χ2n) is 6.93. The quantitative estimate of drug-likeness (QED) is 0.688. The molecule has 0 radical (unpaired) electrons. The first-order chi connectivity index (χ1) is 14.1. The van der Waals surface area contributed by atoms with Crippen molar-refractivity contribution in [2.45, 2.75) is 38.1 Å². The molecule has 0 saturated heterocycles. The van der Waals surface area contributed by atoms with Gasteiger partial charge in [-0.05, 0) is 43.2 Å². The van der Waals surface area contributed by atoms with E-state index in [9.17, 15) is 14.0 Å². The molecular weight excluding hydrogens is 377 g/mol. The number of halogens is 1. The Labute approximate surface area is 166 Å². The summed E-state index contributed by atoms with van der Waals surface area (Å²) in [5, 5.41) is 9.36. The third kappa shape index (κ3) is 4.34. The summed E-state index contributed by atoms with van der Waals surface area (Å²) in [6, 6.07) is 7.22. The van der Waals surface area contributed by atoms with Gasteiger partial charge in [0.1, 0.15) is 18.3 Å². The summed E-state index contributed by atoms with van der Waals surface area (Å²) in [4.78, 5) is 28.5. The maximum atomic E-state index is 14.3. The zero-order chi connectivity index (χ0) is 20.2. The van der Waals surface area contributed by atoms with Gasteiger partial charge in [0.15, 0.2) is 17.3 Å². The number of anilines is 1. The molecule has 2 heterocycles. The van der Waals surface area contributed by atoms with Gasteiger partial charge in [-0.2, -0.15) is 5.10 Å². The summed E-state index contributed by atoms with van der Waals surface area (Å²) >= 11 is 0. The number of nitrogens with zero attached hydrogens (tertiary/aromatic N) is 3. The summed E-state index contributed by atoms with van der Waals surface area (Å²) in [7, 11) is 0. The maximum Gasteiger partial charge on any atom is 0.291 e. The van der Waals surface area contributed by atoms with E-state index in [0.717, 1.165) is 25.7 Å². The predicted molar refractivity (Wildman–Crippen MR) is 102 cm³/mol. The van der Waals surface area contributed by atoms with Crippen molar-refractivity contribution in [2.24, 2.45) is 0 Å². The minimum atomic E-state index is -0.574. The number of hydrogen-bond acceptors (Lipinski definition) is 5. The number of furan rings is 1. The summed E-state index contributed by atoms with van der Waals surface area (Å²) in [5.41, 5.74) is 0.459. The molecule has 1 aromatic carbocycles. The van der Waals surface area contributed by atoms with Crippen LogP contribution in [0.4, 0.5) is 10.1 Å². The second-order valence-corrected chi connectivity index (χ2v) is 6.93. The zero-order valence-electron chi connectivity index (χ0n) is 15.6. The molecule has 0 bridgehead atoms. The lowest BCUT2D eigenvalue weighted by atomic mass is 9.95. The molecule has 9 heteroatoms. The SMILES string of the molecule is O=C(Nc1ccc(-n2cncn2)c(F)c1)c1ccc(C(=O)NC2CCCCC2)o1. The molecule has 8 nitrogen and oxygen atoms in total. The number of hydrogen-bond donors (Lipinski definition) is 2. The maximum absolute atomic E-state index is 14.3. The molecule has 29 heavy (non-hydrogen) atoms. The standard InChI is InChI=1S/C20H20FN5O3/c21-15-10-14(6-7-16(15)26-12-22-11-23-26)25-20(28)18-9-8-17(29-18)19(27)24-13-4-2-1-3-5-13/h6-13H,1-5H2,(H,24,27)(H,25,28). The first-order valence-electron chi connectivity index (χ1n) is 9.47. The summed E-state index contributed by atoms with van der Waals surface area (Å²) < 4.78 is 21.0. The van der Waals surface area contributed by atoms with E-state index in [1.54, 1.807) is 0 Å². The van der Waals surface area contributed by atoms with E-state index >= 15 is 0 Å². The van der Waals surface area contributed by atoms with Gasteiger partial charge in [0.25, 0.3) is 11.8 Å². The van der Waals surface area contributed by atoms with E-state index in [1.165, 1.54) is 54.1 Å². The van der Waals surface area contributed by atoms with Crippen LogP contribution >= 0.6 is 0 Å². The minimum Gasteiger partial charge on any atom is -0.446 e. The molecule has 0 aliphatic heterocycles. The molecule has 2 amide bonds. The molecule has 1 aliphatic carbocycles. The predicted octanol–water partition coefficient (Wildman–Crippen LogP) is 3.31. The third-order valence-corrected chi connectivity index (χ3v) is 4.87. The molecule has 0 spiro atoms. The van der Waals surface area contributed by atoms with Crippen LogP contribution in [0.25, 0.3) is 5.69 Å². The first kappa shape index (κ1) is 18.9. The van der Waals surface area contributed by atoms with Crippen LogP contribution in [0.15, 0.2) is 47.4 Å². The van der Waals surface area contributed by atoms with Crippen LogP contribution in [0, 0.1) is 5.82 Å². The smallest absolute Gasteiger partial charge is 0.291 e. The highest BCUT2D eigenvalue weighted by Crippen LogP contribution is 2.20. The molecule has 2 aromatic heterocycles. The van der Waals surface area contributed by atoms with E-state index in [-0.39, 0.29) is 34.8 Å². The Morgan fingerprint density at radius 2 is 1.83 bits per heavy atom. The van der Waals surface area contributed by atoms with Crippen LogP contribution in [0.1, 0.15) is 53.2 Å². The lowest BCUT2D eigenvalue weighted by molar-refractivity contribution is 0.0894. The van der Waals surface area contributed by atoms with Gasteiger partial charge in [0, 0.05) is 11.7 Å². The number of rotatable bonds is 5. The number of carbonyl (C=O) groups is 2. The van der Waals surface area contributed by atoms with Crippen molar-refractivity contribution in [3.63, 3.8) is 0 Å². The Hall–Kier alpha value is -3.49. The van der Waals surface area contributed by atoms with Gasteiger partial charge in [0.05, 0.1) is 0 Å². The lowest BCUT2D eigenvalue weighted by Gasteiger charge is -2.22. The van der Waals surface area contributed by atoms with Gasteiger partial charge in [0.2, 0.25) is 0 Å². The summed E-state index contributed by atoms with van der Waals surface area (Å²) in [6.45, 7) is 0. The average Bonchev–Trinajstić information content (AvgIpc) is 3.41. The Balaban J connectivity index is 1.40. The third-order valence-electron chi connectivity index (χ3n) is 4.87. The van der Waals surface area contributed by atoms with Crippen molar-refractivity contribution in [2.75, 3.05) is 5.32 Å². The van der Waals surface area contributed by atoms with Crippen LogP contribution in [-0.2, 0) is 0 Å². The van der Waals surface area contributed by atoms with E-state index in [4.69, 9.17) is 4.42 Å². The van der Waals surface area contributed by atoms with Crippen LogP contribution in [0.2, 0.25) is 0 Å². The van der Waals surface area contributed by atoms with E-state index in [0.29, 0.717) is 0 Å². The van der Waals surface area contributed by atoms with Gasteiger partial charge >= 0.3 is 0 Å². The molecule has 2 N–H and O–H groups in total. The molecule has 4 rings (SSSR count). The van der Waals surface area contributed by atoms with Crippen LogP contribution in [0.3, 0.4) is 0 Å². The number of nitrogens with one attached hydrogen (secondary N) is 2. The van der Waals surface area contributed by atoms with Gasteiger partial charge in [-0.1, -0.05) is 19.3 Å². The Kier molecular flexibility index (Phi) is 5.37. The lowest BCUT2D eigenvalue weighted by Crippen LogP contribution is -2.35. The molecule has 1 aliphatic rings. The van der Waals surface area contributed by atoms with Crippen molar-refractivity contribution >= 4 is 17.5 Å². The zero-order valence-corrected chi connectivity index (χ0v) is 15.6. The molecular formula is C20H20FN5O3. The number of amides is 2. The molecule has 1 saturated carbocycles. The fraction of sp³-hybridized carbons (Fsp3) is 0.300. The highest BCUT2D eigenvalue weighted by atomic mass is 19.1. The van der Waals surface area contributed by atoms with Crippen molar-refractivity contribution in [3.8, 4) is 5.69 Å². The van der Waals surface area contributed by atoms with Gasteiger partial charge in [-0.25, -0.2) is 14.1 Å². The largest absolute Gasteiger partial charge is 0.446 e. The molecule has 0 atom stereocenters. The van der Waals surface area contributed by atoms with Crippen LogP contribution in [-0.4, -0.2) is 32.6 Å². The van der Waals surface area contributed by atoms with E-state index in [2.05, 4.69) is 20.7 Å². The Morgan fingerprint density at radius 3 is 2.52 bits per heavy atom. The highest BCUT2D eigenvalue weighted by molar-refractivity contribution is 6.03. The van der Waals surface area contributed by atoms with E-state index < -0.39 is 11.7 Å². The normalized spacial score (nSPS) is 14.5. The Bertz CT molecular complexity index is 1010. The summed E-state index contributed by atoms with van der Waals surface area (Å²) in [5.74, 6) is -1.43. The van der Waals surface area contributed by atoms with Gasteiger partial charge in [-0.3, -0.25) is 9.59 Å². The number of aromatic nitrogens is 3. The fourth-order valence-corrected chi connectivity index (χ4v) is 3.38. The number of carbonyl (C=O) groups excluding carboxylic acids is 2. The minimum absolute atomic E-state index is 0.0282. The van der Waals surface area contributed by atoms with Crippen molar-refractivity contribution in [1.29, 1.82) is 0 Å². The summed E-state index contributed by atoms with van der Waals surface area (Å²) in [6.07, 6.45) is 7.98. The molecule has 3 aromatic rings. The topological polar surface area (TPSA) is 102 Å². The van der Waals surface area contributed by atoms with Crippen LogP contribution < -0.4 is 10.6 Å². The van der Waals surface area contributed by atoms with Crippen molar-refractivity contribution in [3.05, 3.63) is 60.3 Å². The van der Waals surface area contributed by atoms with Crippen molar-refractivity contribution in [1.82, 2.24) is 20.1 Å². The van der Waals surface area contributed by atoms with E-state index in [1.807, 2.05) is 0 Å². The molecule has 1 fully saturated rings. The molecule has 0 unspecified atom stereocenters. The number of benzene rings is 1. The monoisotopic (exact) mass is 397 g/mol. The first-order valence-corrected chi connectivity index (χ1v) is 9.47. The van der Waals surface area contributed by atoms with Crippen LogP contribution in [0.5, 0.6) is 0 Å². The second kappa shape index (κ2) is 8.26. The Morgan fingerprint density at radius 1 is 1.07 bits per heavy atom. The highest BCUT2D eigenvalue weighted by Gasteiger charge is 2.20. The van der Waals surface area contributed by atoms with Gasteiger partial charge in [-0.15, -0.1) is 0 Å². The molecule has 150 valence electrons. The van der Waals surface area contributed by atoms with Crippen molar-refractivity contribution < 1.29 is 18.4 Å². The fourth-order valence-electron chi connectivity index (χ4n) is 3.38. The average molecular weight is 397 g/mol.